The molecule has 2 saturated heterocycles. The van der Waals surface area contributed by atoms with Crippen molar-refractivity contribution in [2.45, 2.75) is 12.8 Å². The van der Waals surface area contributed by atoms with Gasteiger partial charge in [-0.1, -0.05) is 0 Å². The van der Waals surface area contributed by atoms with E-state index in [1.165, 1.54) is 4.90 Å². The van der Waals surface area contributed by atoms with Gasteiger partial charge in [-0.05, 0) is 38.1 Å². The second-order valence-electron chi connectivity index (χ2n) is 6.53. The van der Waals surface area contributed by atoms with Crippen molar-refractivity contribution in [2.75, 3.05) is 38.1 Å². The second-order valence-corrected chi connectivity index (χ2v) is 6.53. The number of hydrogen-bond donors (Lipinski definition) is 1. The average molecular weight is 374 g/mol. The number of rotatable bonds is 4. The highest BCUT2D eigenvalue weighted by molar-refractivity contribution is 6.00. The molecule has 2 atom stereocenters. The van der Waals surface area contributed by atoms with Gasteiger partial charge in [0.05, 0.1) is 5.92 Å². The van der Waals surface area contributed by atoms with Gasteiger partial charge in [0.15, 0.2) is 0 Å². The van der Waals surface area contributed by atoms with Crippen LogP contribution in [0, 0.1) is 23.5 Å². The highest BCUT2D eigenvalue weighted by atomic mass is 35.5. The van der Waals surface area contributed by atoms with Crippen molar-refractivity contribution >= 4 is 29.9 Å². The first-order valence-corrected chi connectivity index (χ1v) is 8.17. The Balaban J connectivity index is 0.00000225. The first-order valence-electron chi connectivity index (χ1n) is 8.17. The molecule has 0 spiro atoms. The Labute approximate surface area is 151 Å². The largest absolute Gasteiger partial charge is 0.342 e. The molecule has 0 bridgehead atoms. The summed E-state index contributed by atoms with van der Waals surface area (Å²) < 4.78 is 26.7. The van der Waals surface area contributed by atoms with Crippen LogP contribution in [0.5, 0.6) is 0 Å². The van der Waals surface area contributed by atoms with Gasteiger partial charge in [-0.3, -0.25) is 9.59 Å². The summed E-state index contributed by atoms with van der Waals surface area (Å²) in [6, 6.07) is 3.00. The molecule has 0 aromatic heterocycles. The number of amides is 2. The number of benzene rings is 1. The Morgan fingerprint density at radius 3 is 2.56 bits per heavy atom. The summed E-state index contributed by atoms with van der Waals surface area (Å²) >= 11 is 0. The van der Waals surface area contributed by atoms with E-state index in [1.54, 1.807) is 4.90 Å². The summed E-state index contributed by atoms with van der Waals surface area (Å²) in [5.74, 6) is -1.80. The quantitative estimate of drug-likeness (QED) is 0.875. The second kappa shape index (κ2) is 8.10. The summed E-state index contributed by atoms with van der Waals surface area (Å²) in [6.45, 7) is 2.43. The summed E-state index contributed by atoms with van der Waals surface area (Å²) in [5.41, 5.74) is 0.169. The Hall–Kier alpha value is -1.73. The average Bonchev–Trinajstić information content (AvgIpc) is 3.13. The minimum Gasteiger partial charge on any atom is -0.342 e. The fraction of sp³-hybridized carbons (Fsp3) is 0.529. The highest BCUT2D eigenvalue weighted by Crippen LogP contribution is 2.29. The van der Waals surface area contributed by atoms with Crippen LogP contribution in [0.3, 0.4) is 0 Å². The number of anilines is 1. The van der Waals surface area contributed by atoms with Gasteiger partial charge >= 0.3 is 0 Å². The molecule has 2 aliphatic rings. The lowest BCUT2D eigenvalue weighted by Crippen LogP contribution is -2.36. The van der Waals surface area contributed by atoms with Gasteiger partial charge in [-0.15, -0.1) is 12.4 Å². The highest BCUT2D eigenvalue weighted by Gasteiger charge is 2.39. The summed E-state index contributed by atoms with van der Waals surface area (Å²) in [4.78, 5) is 27.9. The number of carbonyl (C=O) groups is 2. The molecule has 3 rings (SSSR count). The van der Waals surface area contributed by atoms with E-state index in [2.05, 4.69) is 5.32 Å². The molecule has 2 amide bonds. The number of nitrogens with zero attached hydrogens (tertiary/aromatic N) is 2. The third kappa shape index (κ3) is 4.27. The Bertz CT molecular complexity index is 639. The van der Waals surface area contributed by atoms with Crippen LogP contribution in [0.4, 0.5) is 14.5 Å². The summed E-state index contributed by atoms with van der Waals surface area (Å²) in [5, 5.41) is 3.11. The Morgan fingerprint density at radius 2 is 1.92 bits per heavy atom. The molecule has 5 nitrogen and oxygen atoms in total. The molecule has 1 aromatic carbocycles. The van der Waals surface area contributed by atoms with Crippen molar-refractivity contribution in [2.24, 2.45) is 11.8 Å². The molecule has 1 aromatic rings. The lowest BCUT2D eigenvalue weighted by Gasteiger charge is -2.21. The van der Waals surface area contributed by atoms with Gasteiger partial charge in [-0.25, -0.2) is 8.78 Å². The molecular formula is C17H22ClF2N3O2. The van der Waals surface area contributed by atoms with Crippen LogP contribution in [0.15, 0.2) is 18.2 Å². The fourth-order valence-corrected chi connectivity index (χ4v) is 3.56. The van der Waals surface area contributed by atoms with E-state index >= 15 is 0 Å². The van der Waals surface area contributed by atoms with Gasteiger partial charge in [0.1, 0.15) is 11.6 Å². The lowest BCUT2D eigenvalue weighted by atomic mass is 10.1. The van der Waals surface area contributed by atoms with E-state index in [0.29, 0.717) is 19.0 Å². The maximum atomic E-state index is 13.4. The van der Waals surface area contributed by atoms with E-state index in [9.17, 15) is 18.4 Å². The monoisotopic (exact) mass is 373 g/mol. The van der Waals surface area contributed by atoms with Crippen LogP contribution in [-0.4, -0.2) is 49.9 Å². The van der Waals surface area contributed by atoms with Crippen LogP contribution in [0.2, 0.25) is 0 Å². The minimum atomic E-state index is -0.734. The lowest BCUT2D eigenvalue weighted by molar-refractivity contribution is -0.134. The van der Waals surface area contributed by atoms with Gasteiger partial charge in [-0.2, -0.15) is 0 Å². The standard InChI is InChI=1S/C17H21F2N3O2.ClH/c1-20-8-11-2-3-21(9-11)17(24)12-4-16(23)22(10-12)15-6-13(18)5-14(19)7-15;/h5-7,11-12,20H,2-4,8-10H2,1H3;1H. The first kappa shape index (κ1) is 19.6. The molecule has 0 aliphatic carbocycles. The van der Waals surface area contributed by atoms with Gasteiger partial charge in [0.2, 0.25) is 11.8 Å². The van der Waals surface area contributed by atoms with Crippen LogP contribution >= 0.6 is 12.4 Å². The molecule has 25 heavy (non-hydrogen) atoms. The van der Waals surface area contributed by atoms with E-state index in [1.807, 2.05) is 7.05 Å². The minimum absolute atomic E-state index is 0. The smallest absolute Gasteiger partial charge is 0.228 e. The fourth-order valence-electron chi connectivity index (χ4n) is 3.56. The number of carbonyl (C=O) groups excluding carboxylic acids is 2. The molecule has 2 unspecified atom stereocenters. The number of likely N-dealkylation sites (tertiary alicyclic amines) is 1. The molecule has 0 radical (unpaired) electrons. The normalized spacial score (nSPS) is 23.1. The zero-order valence-corrected chi connectivity index (χ0v) is 14.8. The first-order chi connectivity index (χ1) is 11.5. The number of hydrogen-bond acceptors (Lipinski definition) is 3. The van der Waals surface area contributed by atoms with Crippen molar-refractivity contribution in [3.63, 3.8) is 0 Å². The zero-order chi connectivity index (χ0) is 17.3. The van der Waals surface area contributed by atoms with Gasteiger partial charge < -0.3 is 15.1 Å². The van der Waals surface area contributed by atoms with E-state index < -0.39 is 17.6 Å². The Kier molecular flexibility index (Phi) is 6.35. The topological polar surface area (TPSA) is 52.7 Å². The van der Waals surface area contributed by atoms with Crippen molar-refractivity contribution in [3.05, 3.63) is 29.8 Å². The molecule has 2 aliphatic heterocycles. The van der Waals surface area contributed by atoms with Crippen molar-refractivity contribution in [3.8, 4) is 0 Å². The molecule has 2 fully saturated rings. The number of nitrogens with one attached hydrogen (secondary N) is 1. The summed E-state index contributed by atoms with van der Waals surface area (Å²) in [6.07, 6.45) is 1.04. The molecule has 8 heteroatoms. The van der Waals surface area contributed by atoms with Crippen molar-refractivity contribution in [1.82, 2.24) is 10.2 Å². The van der Waals surface area contributed by atoms with Gasteiger partial charge in [0, 0.05) is 37.8 Å². The molecule has 1 N–H and O–H groups in total. The van der Waals surface area contributed by atoms with E-state index in [0.717, 1.165) is 31.2 Å². The predicted molar refractivity (Wildman–Crippen MR) is 92.7 cm³/mol. The SMILES string of the molecule is CNCC1CCN(C(=O)C2CC(=O)N(c3cc(F)cc(F)c3)C2)C1.Cl. The van der Waals surface area contributed by atoms with Crippen molar-refractivity contribution in [1.29, 1.82) is 0 Å². The van der Waals surface area contributed by atoms with Gasteiger partial charge in [0.25, 0.3) is 0 Å². The zero-order valence-electron chi connectivity index (χ0n) is 14.0. The van der Waals surface area contributed by atoms with E-state index in [-0.39, 0.29) is 42.9 Å². The Morgan fingerprint density at radius 1 is 1.24 bits per heavy atom. The molecule has 138 valence electrons. The van der Waals surface area contributed by atoms with Crippen LogP contribution in [-0.2, 0) is 9.59 Å². The number of halogens is 3. The molecule has 0 saturated carbocycles. The summed E-state index contributed by atoms with van der Waals surface area (Å²) in [7, 11) is 1.89. The predicted octanol–water partition coefficient (Wildman–Crippen LogP) is 1.81. The third-order valence-electron chi connectivity index (χ3n) is 4.72. The van der Waals surface area contributed by atoms with Crippen LogP contribution in [0.25, 0.3) is 0 Å². The van der Waals surface area contributed by atoms with Crippen LogP contribution in [0.1, 0.15) is 12.8 Å². The van der Waals surface area contributed by atoms with E-state index in [4.69, 9.17) is 0 Å². The van der Waals surface area contributed by atoms with Crippen molar-refractivity contribution < 1.29 is 18.4 Å². The third-order valence-corrected chi connectivity index (χ3v) is 4.72. The molecule has 2 heterocycles. The maximum absolute atomic E-state index is 13.4. The maximum Gasteiger partial charge on any atom is 0.228 e. The van der Waals surface area contributed by atoms with Crippen LogP contribution < -0.4 is 10.2 Å². The molecular weight excluding hydrogens is 352 g/mol.